The second kappa shape index (κ2) is 17.3. The van der Waals surface area contributed by atoms with Crippen molar-refractivity contribution in [2.75, 3.05) is 19.5 Å². The Morgan fingerprint density at radius 1 is 0.774 bits per heavy atom. The Bertz CT molecular complexity index is 647. The van der Waals surface area contributed by atoms with Gasteiger partial charge in [0.1, 0.15) is 5.82 Å². The van der Waals surface area contributed by atoms with Crippen LogP contribution in [0.5, 0.6) is 0 Å². The maximum atomic E-state index is 12.0. The summed E-state index contributed by atoms with van der Waals surface area (Å²) in [6, 6.07) is 3.19. The predicted octanol–water partition coefficient (Wildman–Crippen LogP) is 5.01. The van der Waals surface area contributed by atoms with Crippen molar-refractivity contribution < 1.29 is 19.1 Å². The van der Waals surface area contributed by atoms with E-state index in [1.807, 2.05) is 0 Å². The van der Waals surface area contributed by atoms with E-state index in [1.54, 1.807) is 19.2 Å². The van der Waals surface area contributed by atoms with Crippen LogP contribution in [0.15, 0.2) is 18.3 Å². The molecule has 7 nitrogen and oxygen atoms in total. The van der Waals surface area contributed by atoms with Crippen molar-refractivity contribution in [1.82, 2.24) is 10.3 Å². The van der Waals surface area contributed by atoms with Crippen molar-refractivity contribution in [2.24, 2.45) is 0 Å². The molecule has 7 heteroatoms. The van der Waals surface area contributed by atoms with Crippen LogP contribution in [-0.4, -0.2) is 36.9 Å². The van der Waals surface area contributed by atoms with Crippen molar-refractivity contribution in [3.05, 3.63) is 23.9 Å². The highest BCUT2D eigenvalue weighted by Gasteiger charge is 2.07. The number of aromatic nitrogens is 1. The van der Waals surface area contributed by atoms with Gasteiger partial charge in [-0.15, -0.1) is 0 Å². The summed E-state index contributed by atoms with van der Waals surface area (Å²) >= 11 is 0. The maximum absolute atomic E-state index is 12.0. The van der Waals surface area contributed by atoms with Crippen LogP contribution in [0.1, 0.15) is 100 Å². The van der Waals surface area contributed by atoms with E-state index in [9.17, 15) is 14.4 Å². The molecule has 2 N–H and O–H groups in total. The molecule has 174 valence electrons. The average Bonchev–Trinajstić information content (AvgIpc) is 2.79. The fourth-order valence-electron chi connectivity index (χ4n) is 3.38. The van der Waals surface area contributed by atoms with Crippen molar-refractivity contribution >= 4 is 23.6 Å². The normalized spacial score (nSPS) is 10.5. The number of unbranched alkanes of at least 4 members (excludes halogenated alkanes) is 11. The van der Waals surface area contributed by atoms with E-state index in [2.05, 4.69) is 20.4 Å². The van der Waals surface area contributed by atoms with Gasteiger partial charge in [-0.25, -0.2) is 9.78 Å². The zero-order valence-electron chi connectivity index (χ0n) is 19.2. The SMILES string of the molecule is CNC(=O)CCCCCCCCCCCCCCC(=O)Nc1ccc(C(=O)OC)cn1. The molecule has 0 saturated heterocycles. The van der Waals surface area contributed by atoms with Gasteiger partial charge in [-0.05, 0) is 25.0 Å². The minimum Gasteiger partial charge on any atom is -0.465 e. The molecule has 0 unspecified atom stereocenters. The third-order valence-electron chi connectivity index (χ3n) is 5.29. The van der Waals surface area contributed by atoms with Crippen LogP contribution in [0, 0.1) is 0 Å². The fraction of sp³-hybridized carbons (Fsp3) is 0.667. The molecule has 0 radical (unpaired) electrons. The van der Waals surface area contributed by atoms with E-state index in [0.29, 0.717) is 24.2 Å². The fourth-order valence-corrected chi connectivity index (χ4v) is 3.38. The first-order chi connectivity index (χ1) is 15.1. The number of anilines is 1. The number of methoxy groups -OCH3 is 1. The Morgan fingerprint density at radius 3 is 1.68 bits per heavy atom. The van der Waals surface area contributed by atoms with Gasteiger partial charge in [0.05, 0.1) is 12.7 Å². The zero-order valence-corrected chi connectivity index (χ0v) is 19.2. The molecule has 31 heavy (non-hydrogen) atoms. The molecule has 0 spiro atoms. The lowest BCUT2D eigenvalue weighted by atomic mass is 10.0. The largest absolute Gasteiger partial charge is 0.465 e. The number of hydrogen-bond acceptors (Lipinski definition) is 5. The molecular formula is C24H39N3O4. The van der Waals surface area contributed by atoms with Crippen LogP contribution < -0.4 is 10.6 Å². The van der Waals surface area contributed by atoms with Gasteiger partial charge in [0.25, 0.3) is 0 Å². The number of ether oxygens (including phenoxy) is 1. The first-order valence-electron chi connectivity index (χ1n) is 11.6. The molecule has 1 heterocycles. The highest BCUT2D eigenvalue weighted by Crippen LogP contribution is 2.13. The first-order valence-corrected chi connectivity index (χ1v) is 11.6. The molecule has 1 rings (SSSR count). The molecule has 2 amide bonds. The summed E-state index contributed by atoms with van der Waals surface area (Å²) in [5, 5.41) is 5.41. The quantitative estimate of drug-likeness (QED) is 0.266. The third-order valence-corrected chi connectivity index (χ3v) is 5.29. The van der Waals surface area contributed by atoms with Crippen molar-refractivity contribution in [3.8, 4) is 0 Å². The van der Waals surface area contributed by atoms with Gasteiger partial charge in [-0.1, -0.05) is 64.2 Å². The summed E-state index contributed by atoms with van der Waals surface area (Å²) in [5.41, 5.74) is 0.360. The van der Waals surface area contributed by atoms with Gasteiger partial charge in [0, 0.05) is 26.1 Å². The molecule has 0 atom stereocenters. The second-order valence-electron chi connectivity index (χ2n) is 7.89. The first kappa shape index (κ1) is 26.6. The highest BCUT2D eigenvalue weighted by molar-refractivity contribution is 5.91. The summed E-state index contributed by atoms with van der Waals surface area (Å²) in [6.07, 6.45) is 16.6. The van der Waals surface area contributed by atoms with Crippen molar-refractivity contribution in [1.29, 1.82) is 0 Å². The maximum Gasteiger partial charge on any atom is 0.339 e. The summed E-state index contributed by atoms with van der Waals surface area (Å²) in [7, 11) is 3.01. The van der Waals surface area contributed by atoms with Crippen LogP contribution in [0.4, 0.5) is 5.82 Å². The molecule has 1 aromatic rings. The van der Waals surface area contributed by atoms with Gasteiger partial charge in [-0.3, -0.25) is 9.59 Å². The molecule has 0 bridgehead atoms. The number of carbonyl (C=O) groups excluding carboxylic acids is 3. The lowest BCUT2D eigenvalue weighted by molar-refractivity contribution is -0.120. The monoisotopic (exact) mass is 433 g/mol. The van der Waals surface area contributed by atoms with Crippen LogP contribution in [0.2, 0.25) is 0 Å². The molecule has 0 saturated carbocycles. The number of nitrogens with one attached hydrogen (secondary N) is 2. The minimum absolute atomic E-state index is 0.0476. The highest BCUT2D eigenvalue weighted by atomic mass is 16.5. The molecule has 1 aromatic heterocycles. The molecule has 0 aliphatic heterocycles. The topological polar surface area (TPSA) is 97.4 Å². The summed E-state index contributed by atoms with van der Waals surface area (Å²) in [4.78, 5) is 38.5. The van der Waals surface area contributed by atoms with Crippen LogP contribution in [0.3, 0.4) is 0 Å². The number of pyridine rings is 1. The van der Waals surface area contributed by atoms with Gasteiger partial charge >= 0.3 is 5.97 Å². The van der Waals surface area contributed by atoms with E-state index in [-0.39, 0.29) is 11.8 Å². The number of rotatable bonds is 17. The van der Waals surface area contributed by atoms with E-state index >= 15 is 0 Å². The summed E-state index contributed by atoms with van der Waals surface area (Å²) in [6.45, 7) is 0. The van der Waals surface area contributed by atoms with Gasteiger partial charge in [0.2, 0.25) is 11.8 Å². The van der Waals surface area contributed by atoms with E-state index in [1.165, 1.54) is 64.7 Å². The number of hydrogen-bond donors (Lipinski definition) is 2. The van der Waals surface area contributed by atoms with Gasteiger partial charge in [0.15, 0.2) is 0 Å². The Morgan fingerprint density at radius 2 is 1.26 bits per heavy atom. The Labute approximate surface area is 186 Å². The zero-order chi connectivity index (χ0) is 22.7. The summed E-state index contributed by atoms with van der Waals surface area (Å²) in [5.74, 6) is 0.0991. The number of nitrogens with zero attached hydrogens (tertiary/aromatic N) is 1. The molecule has 0 fully saturated rings. The van der Waals surface area contributed by atoms with Gasteiger partial charge in [-0.2, -0.15) is 0 Å². The Hall–Kier alpha value is -2.44. The molecule has 0 aliphatic rings. The van der Waals surface area contributed by atoms with E-state index < -0.39 is 5.97 Å². The Kier molecular flexibility index (Phi) is 14.8. The Balaban J connectivity index is 1.91. The average molecular weight is 434 g/mol. The predicted molar refractivity (Wildman–Crippen MR) is 123 cm³/mol. The smallest absolute Gasteiger partial charge is 0.339 e. The van der Waals surface area contributed by atoms with Gasteiger partial charge < -0.3 is 15.4 Å². The number of esters is 1. The van der Waals surface area contributed by atoms with E-state index in [4.69, 9.17) is 0 Å². The lowest BCUT2D eigenvalue weighted by Gasteiger charge is -2.06. The number of carbonyl (C=O) groups is 3. The standard InChI is InChI=1S/C24H39N3O4/c1-25-22(28)15-13-11-9-7-5-3-4-6-8-10-12-14-16-23(29)27-21-18-17-20(19-26-21)24(30)31-2/h17-19H,3-16H2,1-2H3,(H,25,28)(H,26,27,29). The molecular weight excluding hydrogens is 394 g/mol. The van der Waals surface area contributed by atoms with Crippen molar-refractivity contribution in [3.63, 3.8) is 0 Å². The third kappa shape index (κ3) is 13.5. The van der Waals surface area contributed by atoms with E-state index in [0.717, 1.165) is 25.7 Å². The number of amides is 2. The minimum atomic E-state index is -0.445. The van der Waals surface area contributed by atoms with Crippen LogP contribution in [-0.2, 0) is 14.3 Å². The lowest BCUT2D eigenvalue weighted by Crippen LogP contribution is -2.16. The van der Waals surface area contributed by atoms with Crippen molar-refractivity contribution in [2.45, 2.75) is 89.9 Å². The molecule has 0 aliphatic carbocycles. The van der Waals surface area contributed by atoms with Crippen LogP contribution >= 0.6 is 0 Å². The second-order valence-corrected chi connectivity index (χ2v) is 7.89. The van der Waals surface area contributed by atoms with Crippen LogP contribution in [0.25, 0.3) is 0 Å². The summed E-state index contributed by atoms with van der Waals surface area (Å²) < 4.78 is 4.62. The molecule has 0 aromatic carbocycles.